The lowest BCUT2D eigenvalue weighted by molar-refractivity contribution is -0.125. The first-order chi connectivity index (χ1) is 13.5. The zero-order valence-electron chi connectivity index (χ0n) is 16.1. The number of carbonyl (C=O) groups is 3. The van der Waals surface area contributed by atoms with Gasteiger partial charge < -0.3 is 20.7 Å². The summed E-state index contributed by atoms with van der Waals surface area (Å²) in [5, 5.41) is 8.11. The molecule has 0 aromatic heterocycles. The Bertz CT molecular complexity index is 714. The highest BCUT2D eigenvalue weighted by atomic mass is 16.5. The topological polar surface area (TPSA) is 96.5 Å². The molecule has 2 rings (SSSR count). The Balaban J connectivity index is 1.86. The molecule has 3 N–H and O–H groups in total. The van der Waals surface area contributed by atoms with Crippen molar-refractivity contribution >= 4 is 17.9 Å². The summed E-state index contributed by atoms with van der Waals surface area (Å²) in [7, 11) is 0. The van der Waals surface area contributed by atoms with Gasteiger partial charge in [0.2, 0.25) is 11.8 Å². The van der Waals surface area contributed by atoms with Gasteiger partial charge in [-0.25, -0.2) is 4.79 Å². The van der Waals surface area contributed by atoms with E-state index in [1.54, 1.807) is 0 Å². The van der Waals surface area contributed by atoms with Crippen LogP contribution in [0.25, 0.3) is 0 Å². The van der Waals surface area contributed by atoms with Gasteiger partial charge in [0.25, 0.3) is 0 Å². The molecule has 28 heavy (non-hydrogen) atoms. The molecule has 0 bridgehead atoms. The van der Waals surface area contributed by atoms with Crippen LogP contribution >= 0.6 is 0 Å². The minimum Gasteiger partial charge on any atom is -0.445 e. The molecule has 1 heterocycles. The van der Waals surface area contributed by atoms with Crippen LogP contribution in [0, 0.1) is 18.3 Å². The number of rotatable bonds is 9. The average molecular weight is 385 g/mol. The van der Waals surface area contributed by atoms with Gasteiger partial charge in [-0.2, -0.15) is 0 Å². The van der Waals surface area contributed by atoms with Crippen LogP contribution in [0.15, 0.2) is 30.3 Å². The Morgan fingerprint density at radius 2 is 2.07 bits per heavy atom. The Morgan fingerprint density at radius 3 is 2.68 bits per heavy atom. The van der Waals surface area contributed by atoms with Crippen molar-refractivity contribution in [1.29, 1.82) is 0 Å². The van der Waals surface area contributed by atoms with Crippen molar-refractivity contribution < 1.29 is 19.1 Å². The molecule has 150 valence electrons. The first-order valence-corrected chi connectivity index (χ1v) is 9.55. The van der Waals surface area contributed by atoms with Crippen LogP contribution in [-0.2, 0) is 20.9 Å². The van der Waals surface area contributed by atoms with Crippen LogP contribution in [0.5, 0.6) is 0 Å². The highest BCUT2D eigenvalue weighted by Gasteiger charge is 2.29. The Labute approximate surface area is 165 Å². The molecular formula is C21H27N3O4. The molecule has 1 aliphatic rings. The normalized spacial score (nSPS) is 17.7. The molecule has 0 saturated carbocycles. The zero-order chi connectivity index (χ0) is 20.4. The van der Waals surface area contributed by atoms with Crippen molar-refractivity contribution in [3.63, 3.8) is 0 Å². The van der Waals surface area contributed by atoms with E-state index in [9.17, 15) is 14.4 Å². The molecule has 1 saturated heterocycles. The minimum atomic E-state index is -0.749. The van der Waals surface area contributed by atoms with Crippen LogP contribution in [0.2, 0.25) is 0 Å². The highest BCUT2D eigenvalue weighted by molar-refractivity contribution is 5.86. The van der Waals surface area contributed by atoms with Gasteiger partial charge in [-0.1, -0.05) is 49.6 Å². The number of terminal acetylenes is 1. The molecule has 7 nitrogen and oxygen atoms in total. The van der Waals surface area contributed by atoms with E-state index in [1.807, 2.05) is 37.3 Å². The second-order valence-electron chi connectivity index (χ2n) is 6.79. The first kappa shape index (κ1) is 21.3. The van der Waals surface area contributed by atoms with Gasteiger partial charge in [0.15, 0.2) is 0 Å². The fourth-order valence-corrected chi connectivity index (χ4v) is 3.06. The van der Waals surface area contributed by atoms with Gasteiger partial charge in [0.1, 0.15) is 12.6 Å². The number of nitrogens with one attached hydrogen (secondary N) is 3. The third kappa shape index (κ3) is 6.62. The molecule has 3 atom stereocenters. The summed E-state index contributed by atoms with van der Waals surface area (Å²) in [5.74, 6) is 1.91. The van der Waals surface area contributed by atoms with Crippen molar-refractivity contribution in [3.05, 3.63) is 35.9 Å². The predicted octanol–water partition coefficient (Wildman–Crippen LogP) is 1.73. The number of ether oxygens (including phenoxy) is 1. The quantitative estimate of drug-likeness (QED) is 0.564. The lowest BCUT2D eigenvalue weighted by Gasteiger charge is -2.21. The second kappa shape index (κ2) is 11.0. The molecule has 7 heteroatoms. The smallest absolute Gasteiger partial charge is 0.408 e. The summed E-state index contributed by atoms with van der Waals surface area (Å²) in [4.78, 5) is 36.4. The number of alkyl carbamates (subject to hydrolysis) is 1. The molecule has 1 aromatic rings. The maximum atomic E-state index is 12.6. The summed E-state index contributed by atoms with van der Waals surface area (Å²) < 4.78 is 5.18. The fourth-order valence-electron chi connectivity index (χ4n) is 3.06. The molecule has 1 aromatic carbocycles. The summed E-state index contributed by atoms with van der Waals surface area (Å²) in [6.45, 7) is 2.66. The van der Waals surface area contributed by atoms with E-state index >= 15 is 0 Å². The van der Waals surface area contributed by atoms with E-state index in [2.05, 4.69) is 21.9 Å². The third-order valence-electron chi connectivity index (χ3n) is 4.60. The number of carbonyl (C=O) groups excluding carboxylic acids is 3. The Hall–Kier alpha value is -3.01. The lowest BCUT2D eigenvalue weighted by atomic mass is 9.98. The van der Waals surface area contributed by atoms with Crippen molar-refractivity contribution in [1.82, 2.24) is 16.0 Å². The van der Waals surface area contributed by atoms with Crippen molar-refractivity contribution in [2.45, 2.75) is 51.3 Å². The van der Waals surface area contributed by atoms with E-state index < -0.39 is 18.2 Å². The maximum absolute atomic E-state index is 12.6. The van der Waals surface area contributed by atoms with E-state index in [0.29, 0.717) is 32.2 Å². The molecule has 0 spiro atoms. The van der Waals surface area contributed by atoms with Crippen LogP contribution in [0.4, 0.5) is 4.79 Å². The summed E-state index contributed by atoms with van der Waals surface area (Å²) in [5.41, 5.74) is 0.858. The third-order valence-corrected chi connectivity index (χ3v) is 4.60. The van der Waals surface area contributed by atoms with Crippen molar-refractivity contribution in [3.8, 4) is 12.3 Å². The Morgan fingerprint density at radius 1 is 1.32 bits per heavy atom. The van der Waals surface area contributed by atoms with E-state index in [0.717, 1.165) is 5.56 Å². The van der Waals surface area contributed by atoms with Crippen molar-refractivity contribution in [2.24, 2.45) is 5.92 Å². The fraction of sp³-hybridized carbons (Fsp3) is 0.476. The molecule has 0 aliphatic carbocycles. The van der Waals surface area contributed by atoms with Crippen molar-refractivity contribution in [2.75, 3.05) is 6.54 Å². The number of hydrogen-bond donors (Lipinski definition) is 3. The van der Waals surface area contributed by atoms with Crippen LogP contribution in [0.1, 0.15) is 38.2 Å². The maximum Gasteiger partial charge on any atom is 0.408 e. The monoisotopic (exact) mass is 385 g/mol. The largest absolute Gasteiger partial charge is 0.445 e. The Kier molecular flexibility index (Phi) is 8.35. The lowest BCUT2D eigenvalue weighted by Crippen LogP contribution is -2.49. The molecule has 1 aliphatic heterocycles. The van der Waals surface area contributed by atoms with E-state index in [1.165, 1.54) is 0 Å². The summed E-state index contributed by atoms with van der Waals surface area (Å²) in [6, 6.07) is 7.97. The summed E-state index contributed by atoms with van der Waals surface area (Å²) in [6.07, 6.45) is 7.09. The van der Waals surface area contributed by atoms with Gasteiger partial charge in [-0.05, 0) is 24.8 Å². The number of hydrogen-bond acceptors (Lipinski definition) is 4. The van der Waals surface area contributed by atoms with E-state index in [-0.39, 0.29) is 24.3 Å². The average Bonchev–Trinajstić information content (AvgIpc) is 3.10. The zero-order valence-corrected chi connectivity index (χ0v) is 16.1. The van der Waals surface area contributed by atoms with Gasteiger partial charge in [-0.3, -0.25) is 9.59 Å². The van der Waals surface area contributed by atoms with Gasteiger partial charge in [-0.15, -0.1) is 6.42 Å². The van der Waals surface area contributed by atoms with Gasteiger partial charge in [0, 0.05) is 12.5 Å². The summed E-state index contributed by atoms with van der Waals surface area (Å²) >= 11 is 0. The standard InChI is InChI=1S/C21H27N3O4/c1-3-8-18(24-21(27)28-14-15-9-6-5-7-10-15)20(26)23-17(4-2)13-16-11-12-22-19(16)25/h2,5-7,9-10,16-18H,3,8,11-14H2,1H3,(H,22,25)(H,23,26)(H,24,27)/t16?,17?,18-/m0/s1. The minimum absolute atomic E-state index is 0.0396. The second-order valence-corrected chi connectivity index (χ2v) is 6.79. The van der Waals surface area contributed by atoms with E-state index in [4.69, 9.17) is 11.2 Å². The van der Waals surface area contributed by atoms with Crippen LogP contribution in [-0.4, -0.2) is 36.5 Å². The van der Waals surface area contributed by atoms with Gasteiger partial charge in [0.05, 0.1) is 6.04 Å². The SMILES string of the molecule is C#CC(CC1CCNC1=O)NC(=O)[C@H](CCC)NC(=O)OCc1ccccc1. The van der Waals surface area contributed by atoms with Crippen LogP contribution < -0.4 is 16.0 Å². The number of benzene rings is 1. The first-order valence-electron chi connectivity index (χ1n) is 9.55. The molecule has 0 radical (unpaired) electrons. The highest BCUT2D eigenvalue weighted by Crippen LogP contribution is 2.16. The molecule has 2 unspecified atom stereocenters. The van der Waals surface area contributed by atoms with Gasteiger partial charge >= 0.3 is 6.09 Å². The number of amides is 3. The predicted molar refractivity (Wildman–Crippen MR) is 105 cm³/mol. The van der Waals surface area contributed by atoms with Crippen LogP contribution in [0.3, 0.4) is 0 Å². The molecule has 3 amide bonds. The molecular weight excluding hydrogens is 358 g/mol. The molecule has 1 fully saturated rings.